The molecule has 0 bridgehead atoms. The van der Waals surface area contributed by atoms with Crippen molar-refractivity contribution in [3.05, 3.63) is 0 Å². The molecule has 0 rings (SSSR count). The van der Waals surface area contributed by atoms with E-state index in [0.29, 0.717) is 0 Å². The Morgan fingerprint density at radius 3 is 0.400 bits per heavy atom. The molecule has 0 atom stereocenters. The van der Waals surface area contributed by atoms with Crippen molar-refractivity contribution >= 4 is 49.6 Å². The second kappa shape index (κ2) is 39.2. The zero-order valence-corrected chi connectivity index (χ0v) is 8.56. The number of rotatable bonds is 0. The maximum Gasteiger partial charge on any atom is 0 e. The molecule has 1 radical (unpaired) electrons. The summed E-state index contributed by atoms with van der Waals surface area (Å²) in [7, 11) is 0. The van der Waals surface area contributed by atoms with Crippen molar-refractivity contribution in [1.29, 1.82) is 0 Å². The molecule has 0 heterocycles. The zero-order chi connectivity index (χ0) is 0. The Morgan fingerprint density at radius 1 is 0.400 bits per heavy atom. The van der Waals surface area contributed by atoms with Crippen LogP contribution in [0.5, 0.6) is 0 Å². The van der Waals surface area contributed by atoms with Crippen LogP contribution in [0, 0.1) is 0 Å². The second-order valence-corrected chi connectivity index (χ2v) is 0. The van der Waals surface area contributed by atoms with Gasteiger partial charge >= 0.3 is 0 Å². The van der Waals surface area contributed by atoms with Gasteiger partial charge in [0.15, 0.2) is 0 Å². The summed E-state index contributed by atoms with van der Waals surface area (Å²) in [6.45, 7) is 0. The summed E-state index contributed by atoms with van der Waals surface area (Å²) in [5.41, 5.74) is 0. The normalized spacial score (nSPS) is 0. The van der Waals surface area contributed by atoms with Crippen molar-refractivity contribution < 1.29 is 22.4 Å². The van der Waals surface area contributed by atoms with Crippen LogP contribution in [0.3, 0.4) is 0 Å². The second-order valence-electron chi connectivity index (χ2n) is 0. The first-order chi connectivity index (χ1) is 0. The maximum atomic E-state index is 0. The summed E-state index contributed by atoms with van der Waals surface area (Å²) in [6.07, 6.45) is 0. The first-order valence-corrected chi connectivity index (χ1v) is 0. The topological polar surface area (TPSA) is 0 Å². The average molecular weight is 327 g/mol. The fourth-order valence-electron chi connectivity index (χ4n) is 0. The van der Waals surface area contributed by atoms with Gasteiger partial charge in [-0.25, -0.2) is 0 Å². The molecule has 0 aliphatic carbocycles. The maximum absolute atomic E-state index is 0. The molecule has 5 heavy (non-hydrogen) atoms. The van der Waals surface area contributed by atoms with Gasteiger partial charge in [0.25, 0.3) is 0 Å². The number of halogens is 4. The average Bonchev–Trinajstić information content (AvgIpc) is 0. The SMILES string of the molecule is Cl.Cl.Cl.Cl.[Ta]. The smallest absolute Gasteiger partial charge is 0 e. The molecule has 0 unspecified atom stereocenters. The molecule has 0 aromatic heterocycles. The van der Waals surface area contributed by atoms with Crippen molar-refractivity contribution in [3.8, 4) is 0 Å². The van der Waals surface area contributed by atoms with Gasteiger partial charge in [-0.1, -0.05) is 0 Å². The van der Waals surface area contributed by atoms with Crippen molar-refractivity contribution in [2.75, 3.05) is 0 Å². The third-order valence-corrected chi connectivity index (χ3v) is 0. The predicted octanol–water partition coefficient (Wildman–Crippen LogP) is 1.68. The molecule has 0 amide bonds. The van der Waals surface area contributed by atoms with Gasteiger partial charge in [0.05, 0.1) is 0 Å². The molecule has 0 aromatic rings. The van der Waals surface area contributed by atoms with E-state index in [-0.39, 0.29) is 72.0 Å². The summed E-state index contributed by atoms with van der Waals surface area (Å²) < 4.78 is 0. The van der Waals surface area contributed by atoms with Gasteiger partial charge in [-0.2, -0.15) is 0 Å². The number of hydrogen-bond acceptors (Lipinski definition) is 0. The van der Waals surface area contributed by atoms with Crippen molar-refractivity contribution in [2.45, 2.75) is 0 Å². The minimum absolute atomic E-state index is 0. The van der Waals surface area contributed by atoms with Crippen LogP contribution < -0.4 is 0 Å². The minimum atomic E-state index is 0. The van der Waals surface area contributed by atoms with Crippen LogP contribution in [-0.4, -0.2) is 0 Å². The van der Waals surface area contributed by atoms with Gasteiger partial charge < -0.3 is 0 Å². The molecule has 0 N–H and O–H groups in total. The standard InChI is InChI=1S/4ClH.Ta/h4*1H;. The Kier molecular flexibility index (Phi) is 522. The van der Waals surface area contributed by atoms with E-state index in [1.165, 1.54) is 0 Å². The third-order valence-electron chi connectivity index (χ3n) is 0. The molecule has 0 spiro atoms. The van der Waals surface area contributed by atoms with E-state index in [0.717, 1.165) is 0 Å². The molecule has 0 aliphatic rings. The van der Waals surface area contributed by atoms with Gasteiger partial charge in [0, 0.05) is 22.4 Å². The molecule has 0 fully saturated rings. The van der Waals surface area contributed by atoms with Crippen molar-refractivity contribution in [3.63, 3.8) is 0 Å². The van der Waals surface area contributed by atoms with Gasteiger partial charge in [0.2, 0.25) is 0 Å². The Balaban J connectivity index is 0. The summed E-state index contributed by atoms with van der Waals surface area (Å²) in [4.78, 5) is 0. The van der Waals surface area contributed by atoms with Crippen LogP contribution in [0.15, 0.2) is 0 Å². The Bertz CT molecular complexity index is 3.61. The Hall–Kier alpha value is 1.90. The number of hydrogen-bond donors (Lipinski definition) is 0. The first kappa shape index (κ1) is 66.5. The predicted molar refractivity (Wildman–Crippen MR) is 29.0 cm³/mol. The third kappa shape index (κ3) is 24.9. The Labute approximate surface area is 71.6 Å². The Morgan fingerprint density at radius 2 is 0.400 bits per heavy atom. The van der Waals surface area contributed by atoms with E-state index in [1.54, 1.807) is 0 Å². The fourth-order valence-corrected chi connectivity index (χ4v) is 0. The summed E-state index contributed by atoms with van der Waals surface area (Å²) in [5, 5.41) is 0. The molecule has 0 nitrogen and oxygen atoms in total. The van der Waals surface area contributed by atoms with E-state index < -0.39 is 0 Å². The van der Waals surface area contributed by atoms with Crippen LogP contribution in [0.4, 0.5) is 0 Å². The summed E-state index contributed by atoms with van der Waals surface area (Å²) >= 11 is 0. The largest absolute Gasteiger partial charge is 0.147 e. The van der Waals surface area contributed by atoms with E-state index in [1.807, 2.05) is 0 Å². The van der Waals surface area contributed by atoms with Gasteiger partial charge in [-0.3, -0.25) is 0 Å². The summed E-state index contributed by atoms with van der Waals surface area (Å²) in [6, 6.07) is 0. The fraction of sp³-hybridized carbons (Fsp3) is 0. The van der Waals surface area contributed by atoms with E-state index in [9.17, 15) is 0 Å². The van der Waals surface area contributed by atoms with Crippen molar-refractivity contribution in [1.82, 2.24) is 0 Å². The first-order valence-electron chi connectivity index (χ1n) is 0. The molecule has 0 saturated heterocycles. The van der Waals surface area contributed by atoms with Crippen LogP contribution >= 0.6 is 49.6 Å². The van der Waals surface area contributed by atoms with Gasteiger partial charge in [-0.05, 0) is 0 Å². The van der Waals surface area contributed by atoms with Crippen LogP contribution in [0.1, 0.15) is 0 Å². The minimum Gasteiger partial charge on any atom is -0.147 e. The van der Waals surface area contributed by atoms with E-state index in [4.69, 9.17) is 0 Å². The van der Waals surface area contributed by atoms with E-state index >= 15 is 0 Å². The van der Waals surface area contributed by atoms with E-state index in [2.05, 4.69) is 0 Å². The summed E-state index contributed by atoms with van der Waals surface area (Å²) in [5.74, 6) is 0. The van der Waals surface area contributed by atoms with Gasteiger partial charge in [0.1, 0.15) is 0 Å². The molecule has 0 saturated carbocycles. The monoisotopic (exact) mass is 325 g/mol. The molecule has 0 aliphatic heterocycles. The molecule has 37 valence electrons. The van der Waals surface area contributed by atoms with Crippen LogP contribution in [0.2, 0.25) is 0 Å². The zero-order valence-electron chi connectivity index (χ0n) is 2.08. The van der Waals surface area contributed by atoms with Crippen LogP contribution in [0.25, 0.3) is 0 Å². The molecule has 0 aromatic carbocycles. The molecule has 5 heteroatoms. The van der Waals surface area contributed by atoms with Crippen LogP contribution in [-0.2, 0) is 22.4 Å². The molecular formula is H4Cl4Ta. The molecular weight excluding hydrogens is 323 g/mol. The van der Waals surface area contributed by atoms with Crippen molar-refractivity contribution in [2.24, 2.45) is 0 Å². The van der Waals surface area contributed by atoms with Gasteiger partial charge in [-0.15, -0.1) is 49.6 Å². The quantitative estimate of drug-likeness (QED) is 0.635.